The summed E-state index contributed by atoms with van der Waals surface area (Å²) in [6.07, 6.45) is 4.18. The fourth-order valence-corrected chi connectivity index (χ4v) is 3.98. The topological polar surface area (TPSA) is 49.9 Å². The van der Waals surface area contributed by atoms with Crippen LogP contribution in [0.1, 0.15) is 37.3 Å². The van der Waals surface area contributed by atoms with Crippen LogP contribution < -0.4 is 4.74 Å². The second kappa shape index (κ2) is 8.13. The van der Waals surface area contributed by atoms with E-state index in [1.165, 1.54) is 22.7 Å². The first-order valence-electron chi connectivity index (χ1n) is 8.22. The second-order valence-corrected chi connectivity index (χ2v) is 8.58. The van der Waals surface area contributed by atoms with E-state index < -0.39 is 10.0 Å². The van der Waals surface area contributed by atoms with Crippen molar-refractivity contribution < 1.29 is 13.2 Å². The summed E-state index contributed by atoms with van der Waals surface area (Å²) in [6.45, 7) is 1.85. The van der Waals surface area contributed by atoms with E-state index in [1.54, 1.807) is 21.2 Å². The summed E-state index contributed by atoms with van der Waals surface area (Å²) in [6, 6.07) is 8.58. The molecule has 0 N–H and O–H groups in total. The van der Waals surface area contributed by atoms with Gasteiger partial charge in [0, 0.05) is 20.1 Å². The number of rotatable bonds is 7. The molecule has 1 aromatic rings. The Morgan fingerprint density at radius 3 is 2.78 bits per heavy atom. The van der Waals surface area contributed by atoms with Gasteiger partial charge in [-0.1, -0.05) is 18.6 Å². The lowest BCUT2D eigenvalue weighted by molar-refractivity contribution is 0.149. The average Bonchev–Trinajstić information content (AvgIpc) is 2.55. The molecule has 1 unspecified atom stereocenters. The van der Waals surface area contributed by atoms with Crippen molar-refractivity contribution in [3.05, 3.63) is 29.8 Å². The van der Waals surface area contributed by atoms with Gasteiger partial charge in [-0.15, -0.1) is 0 Å². The molecule has 0 saturated carbocycles. The van der Waals surface area contributed by atoms with Crippen LogP contribution in [0.5, 0.6) is 5.75 Å². The Bertz CT molecular complexity index is 602. The zero-order valence-corrected chi connectivity index (χ0v) is 15.2. The molecule has 1 aliphatic rings. The van der Waals surface area contributed by atoms with Crippen LogP contribution in [0.2, 0.25) is 0 Å². The maximum absolute atomic E-state index is 11.9. The highest BCUT2D eigenvalue weighted by atomic mass is 32.2. The van der Waals surface area contributed by atoms with Gasteiger partial charge in [-0.05, 0) is 50.0 Å². The van der Waals surface area contributed by atoms with Crippen LogP contribution >= 0.6 is 0 Å². The summed E-state index contributed by atoms with van der Waals surface area (Å²) in [5.41, 5.74) is 1.26. The molecular weight excluding hydrogens is 312 g/mol. The van der Waals surface area contributed by atoms with Crippen LogP contribution in [0, 0.1) is 0 Å². The quantitative estimate of drug-likeness (QED) is 0.765. The molecule has 5 nitrogen and oxygen atoms in total. The Hall–Kier alpha value is -1.11. The van der Waals surface area contributed by atoms with Gasteiger partial charge >= 0.3 is 0 Å². The molecule has 23 heavy (non-hydrogen) atoms. The monoisotopic (exact) mass is 340 g/mol. The Labute approximate surface area is 140 Å². The number of nitrogens with zero attached hydrogens (tertiary/aromatic N) is 2. The first kappa shape index (κ1) is 18.2. The Balaban J connectivity index is 2.01. The van der Waals surface area contributed by atoms with E-state index in [4.69, 9.17) is 4.74 Å². The number of ether oxygens (including phenoxy) is 1. The number of methoxy groups -OCH3 is 1. The third kappa shape index (κ3) is 4.93. The van der Waals surface area contributed by atoms with Crippen LogP contribution in [0.4, 0.5) is 0 Å². The van der Waals surface area contributed by atoms with Crippen LogP contribution in [-0.4, -0.2) is 57.7 Å². The molecule has 0 aromatic heterocycles. The standard InChI is InChI=1S/C17H28N2O3S/c1-18(2)23(20,21)13-7-12-19-11-5-4-10-17(19)15-8-6-9-16(14-15)22-3/h6,8-9,14,17H,4-5,7,10-13H2,1-3H3. The largest absolute Gasteiger partial charge is 0.497 e. The minimum atomic E-state index is -3.11. The van der Waals surface area contributed by atoms with E-state index in [-0.39, 0.29) is 5.75 Å². The van der Waals surface area contributed by atoms with E-state index in [9.17, 15) is 8.42 Å². The molecule has 0 aliphatic carbocycles. The van der Waals surface area contributed by atoms with Gasteiger partial charge in [-0.3, -0.25) is 4.90 Å². The molecule has 0 radical (unpaired) electrons. The molecule has 1 heterocycles. The summed E-state index contributed by atoms with van der Waals surface area (Å²) in [5.74, 6) is 1.09. The van der Waals surface area contributed by atoms with E-state index in [0.717, 1.165) is 25.3 Å². The minimum absolute atomic E-state index is 0.210. The van der Waals surface area contributed by atoms with E-state index in [1.807, 2.05) is 12.1 Å². The normalized spacial score (nSPS) is 19.9. The lowest BCUT2D eigenvalue weighted by atomic mass is 9.95. The molecule has 1 fully saturated rings. The number of hydrogen-bond donors (Lipinski definition) is 0. The number of piperidine rings is 1. The van der Waals surface area contributed by atoms with Crippen molar-refractivity contribution in [1.82, 2.24) is 9.21 Å². The Kier molecular flexibility index (Phi) is 6.44. The molecular formula is C17H28N2O3S. The molecule has 1 atom stereocenters. The third-order valence-electron chi connectivity index (χ3n) is 4.50. The van der Waals surface area contributed by atoms with Crippen molar-refractivity contribution in [2.24, 2.45) is 0 Å². The van der Waals surface area contributed by atoms with E-state index >= 15 is 0 Å². The summed E-state index contributed by atoms with van der Waals surface area (Å²) >= 11 is 0. The van der Waals surface area contributed by atoms with Gasteiger partial charge in [-0.25, -0.2) is 12.7 Å². The molecule has 0 amide bonds. The smallest absolute Gasteiger partial charge is 0.213 e. The molecule has 0 spiro atoms. The van der Waals surface area contributed by atoms with Crippen molar-refractivity contribution in [2.75, 3.05) is 40.0 Å². The summed E-state index contributed by atoms with van der Waals surface area (Å²) in [4.78, 5) is 2.42. The minimum Gasteiger partial charge on any atom is -0.497 e. The Morgan fingerprint density at radius 1 is 1.30 bits per heavy atom. The van der Waals surface area contributed by atoms with E-state index in [0.29, 0.717) is 12.5 Å². The predicted octanol–water partition coefficient (Wildman–Crippen LogP) is 2.50. The van der Waals surface area contributed by atoms with Crippen molar-refractivity contribution in [1.29, 1.82) is 0 Å². The summed E-state index contributed by atoms with van der Waals surface area (Å²) in [5, 5.41) is 0. The molecule has 2 rings (SSSR count). The highest BCUT2D eigenvalue weighted by Crippen LogP contribution is 2.32. The molecule has 1 aliphatic heterocycles. The third-order valence-corrected chi connectivity index (χ3v) is 6.41. The number of sulfonamides is 1. The first-order valence-corrected chi connectivity index (χ1v) is 9.83. The number of hydrogen-bond acceptors (Lipinski definition) is 4. The van der Waals surface area contributed by atoms with Gasteiger partial charge in [0.1, 0.15) is 5.75 Å². The summed E-state index contributed by atoms with van der Waals surface area (Å²) in [7, 11) is 1.76. The highest BCUT2D eigenvalue weighted by Gasteiger charge is 2.24. The number of benzene rings is 1. The van der Waals surface area contributed by atoms with Gasteiger partial charge in [0.15, 0.2) is 0 Å². The SMILES string of the molecule is COc1cccc(C2CCCCN2CCCS(=O)(=O)N(C)C)c1. The fraction of sp³-hybridized carbons (Fsp3) is 0.647. The fourth-order valence-electron chi connectivity index (χ4n) is 3.12. The van der Waals surface area contributed by atoms with Gasteiger partial charge < -0.3 is 4.74 Å². The Morgan fingerprint density at radius 2 is 2.09 bits per heavy atom. The maximum Gasteiger partial charge on any atom is 0.213 e. The van der Waals surface area contributed by atoms with Crippen molar-refractivity contribution in [3.63, 3.8) is 0 Å². The van der Waals surface area contributed by atoms with Gasteiger partial charge in [0.05, 0.1) is 12.9 Å². The predicted molar refractivity (Wildman–Crippen MR) is 93.2 cm³/mol. The lowest BCUT2D eigenvalue weighted by Gasteiger charge is -2.36. The highest BCUT2D eigenvalue weighted by molar-refractivity contribution is 7.89. The molecule has 1 saturated heterocycles. The zero-order chi connectivity index (χ0) is 16.9. The van der Waals surface area contributed by atoms with Crippen LogP contribution in [-0.2, 0) is 10.0 Å². The van der Waals surface area contributed by atoms with Crippen LogP contribution in [0.15, 0.2) is 24.3 Å². The van der Waals surface area contributed by atoms with Gasteiger partial charge in [-0.2, -0.15) is 0 Å². The first-order chi connectivity index (χ1) is 10.9. The number of likely N-dealkylation sites (tertiary alicyclic amines) is 1. The van der Waals surface area contributed by atoms with E-state index in [2.05, 4.69) is 17.0 Å². The van der Waals surface area contributed by atoms with Gasteiger partial charge in [0.2, 0.25) is 10.0 Å². The van der Waals surface area contributed by atoms with Gasteiger partial charge in [0.25, 0.3) is 0 Å². The average molecular weight is 340 g/mol. The van der Waals surface area contributed by atoms with Crippen LogP contribution in [0.3, 0.4) is 0 Å². The molecule has 1 aromatic carbocycles. The second-order valence-electron chi connectivity index (χ2n) is 6.28. The van der Waals surface area contributed by atoms with Crippen molar-refractivity contribution >= 4 is 10.0 Å². The molecule has 130 valence electrons. The zero-order valence-electron chi connectivity index (χ0n) is 14.4. The molecule has 0 bridgehead atoms. The van der Waals surface area contributed by atoms with Crippen molar-refractivity contribution in [3.8, 4) is 5.75 Å². The summed E-state index contributed by atoms with van der Waals surface area (Å²) < 4.78 is 30.4. The lowest BCUT2D eigenvalue weighted by Crippen LogP contribution is -2.35. The van der Waals surface area contributed by atoms with Crippen LogP contribution in [0.25, 0.3) is 0 Å². The van der Waals surface area contributed by atoms with Crippen molar-refractivity contribution in [2.45, 2.75) is 31.7 Å². The maximum atomic E-state index is 11.9. The molecule has 6 heteroatoms.